The van der Waals surface area contributed by atoms with Gasteiger partial charge in [0.15, 0.2) is 0 Å². The maximum atomic E-state index is 12.9. The Morgan fingerprint density at radius 1 is 1.14 bits per heavy atom. The number of benzene rings is 1. The van der Waals surface area contributed by atoms with Gasteiger partial charge < -0.3 is 15.5 Å². The zero-order valence-electron chi connectivity index (χ0n) is 17.5. The van der Waals surface area contributed by atoms with E-state index in [1.807, 2.05) is 50.8 Å². The van der Waals surface area contributed by atoms with Gasteiger partial charge in [0.1, 0.15) is 6.04 Å². The van der Waals surface area contributed by atoms with Crippen molar-refractivity contribution < 1.29 is 14.4 Å². The van der Waals surface area contributed by atoms with Gasteiger partial charge >= 0.3 is 0 Å². The van der Waals surface area contributed by atoms with E-state index in [9.17, 15) is 14.4 Å². The Morgan fingerprint density at radius 2 is 1.82 bits per heavy atom. The molecule has 0 radical (unpaired) electrons. The molecule has 154 valence electrons. The third kappa shape index (κ3) is 5.81. The molecule has 2 rings (SSSR count). The van der Waals surface area contributed by atoms with Crippen LogP contribution in [0.5, 0.6) is 0 Å². The van der Waals surface area contributed by atoms with E-state index in [-0.39, 0.29) is 29.7 Å². The van der Waals surface area contributed by atoms with Crippen molar-refractivity contribution in [2.24, 2.45) is 5.92 Å². The lowest BCUT2D eigenvalue weighted by atomic mass is 9.88. The Labute approximate surface area is 168 Å². The van der Waals surface area contributed by atoms with Crippen molar-refractivity contribution in [2.45, 2.75) is 65.5 Å². The molecule has 0 saturated carbocycles. The van der Waals surface area contributed by atoms with Gasteiger partial charge in [0, 0.05) is 31.1 Å². The van der Waals surface area contributed by atoms with Crippen molar-refractivity contribution in [1.29, 1.82) is 0 Å². The predicted octanol–water partition coefficient (Wildman–Crippen LogP) is 2.66. The van der Waals surface area contributed by atoms with Crippen molar-refractivity contribution in [2.75, 3.05) is 13.1 Å². The van der Waals surface area contributed by atoms with Crippen molar-refractivity contribution >= 4 is 17.7 Å². The fourth-order valence-electron chi connectivity index (χ4n) is 3.55. The van der Waals surface area contributed by atoms with Crippen LogP contribution in [0.4, 0.5) is 0 Å². The highest BCUT2D eigenvalue weighted by Crippen LogP contribution is 2.22. The van der Waals surface area contributed by atoms with Crippen LogP contribution in [0.15, 0.2) is 24.3 Å². The minimum absolute atomic E-state index is 0.0127. The number of rotatable bonds is 7. The molecule has 28 heavy (non-hydrogen) atoms. The number of nitrogens with one attached hydrogen (secondary N) is 2. The summed E-state index contributed by atoms with van der Waals surface area (Å²) in [4.78, 5) is 39.5. The number of nitrogens with zero attached hydrogens (tertiary/aromatic N) is 1. The summed E-state index contributed by atoms with van der Waals surface area (Å²) < 4.78 is 0. The second kappa shape index (κ2) is 10.2. The summed E-state index contributed by atoms with van der Waals surface area (Å²) in [7, 11) is 0. The summed E-state index contributed by atoms with van der Waals surface area (Å²) in [6, 6.07) is 6.81. The molecule has 1 heterocycles. The molecular formula is C22H33N3O3. The molecule has 6 heteroatoms. The fourth-order valence-corrected chi connectivity index (χ4v) is 3.55. The van der Waals surface area contributed by atoms with Crippen LogP contribution in [-0.2, 0) is 9.59 Å². The van der Waals surface area contributed by atoms with E-state index in [4.69, 9.17) is 0 Å². The highest BCUT2D eigenvalue weighted by Gasteiger charge is 2.34. The molecule has 1 saturated heterocycles. The molecule has 0 unspecified atom stereocenters. The molecule has 1 fully saturated rings. The molecule has 0 aliphatic carbocycles. The van der Waals surface area contributed by atoms with E-state index >= 15 is 0 Å². The van der Waals surface area contributed by atoms with Crippen LogP contribution in [0, 0.1) is 12.8 Å². The maximum absolute atomic E-state index is 12.9. The fraction of sp³-hybridized carbons (Fsp3) is 0.591. The van der Waals surface area contributed by atoms with Crippen LogP contribution in [0.1, 0.15) is 62.4 Å². The lowest BCUT2D eigenvalue weighted by Crippen LogP contribution is -2.55. The third-order valence-corrected chi connectivity index (χ3v) is 5.52. The van der Waals surface area contributed by atoms with Gasteiger partial charge in [-0.15, -0.1) is 0 Å². The minimum atomic E-state index is -0.596. The topological polar surface area (TPSA) is 78.5 Å². The Balaban J connectivity index is 2.12. The quantitative estimate of drug-likeness (QED) is 0.755. The van der Waals surface area contributed by atoms with Crippen LogP contribution in [0.25, 0.3) is 0 Å². The maximum Gasteiger partial charge on any atom is 0.251 e. The first-order chi connectivity index (χ1) is 13.3. The van der Waals surface area contributed by atoms with E-state index in [1.54, 1.807) is 6.07 Å². The number of likely N-dealkylation sites (tertiary alicyclic amines) is 1. The number of carbonyl (C=O) groups is 3. The van der Waals surface area contributed by atoms with Crippen molar-refractivity contribution in [3.8, 4) is 0 Å². The Kier molecular flexibility index (Phi) is 8.03. The first kappa shape index (κ1) is 21.9. The zero-order valence-corrected chi connectivity index (χ0v) is 17.5. The number of carbonyl (C=O) groups excluding carboxylic acids is 3. The van der Waals surface area contributed by atoms with Gasteiger partial charge in [-0.1, -0.05) is 31.5 Å². The van der Waals surface area contributed by atoms with Crippen LogP contribution < -0.4 is 10.6 Å². The zero-order chi connectivity index (χ0) is 20.7. The molecule has 0 spiro atoms. The molecule has 2 N–H and O–H groups in total. The van der Waals surface area contributed by atoms with Crippen LogP contribution in [0.3, 0.4) is 0 Å². The minimum Gasteiger partial charge on any atom is -0.352 e. The molecule has 1 aliphatic rings. The van der Waals surface area contributed by atoms with Gasteiger partial charge in [-0.3, -0.25) is 14.4 Å². The largest absolute Gasteiger partial charge is 0.352 e. The van der Waals surface area contributed by atoms with Crippen molar-refractivity contribution in [3.63, 3.8) is 0 Å². The van der Waals surface area contributed by atoms with E-state index in [2.05, 4.69) is 10.6 Å². The Bertz CT molecular complexity index is 696. The lowest BCUT2D eigenvalue weighted by Gasteiger charge is -2.36. The number of hydrogen-bond donors (Lipinski definition) is 2. The molecular weight excluding hydrogens is 354 g/mol. The normalized spacial score (nSPS) is 16.9. The first-order valence-electron chi connectivity index (χ1n) is 10.3. The molecule has 0 bridgehead atoms. The van der Waals surface area contributed by atoms with Gasteiger partial charge in [0.25, 0.3) is 5.91 Å². The number of hydrogen-bond acceptors (Lipinski definition) is 3. The number of piperidine rings is 1. The van der Waals surface area contributed by atoms with Gasteiger partial charge in [0.2, 0.25) is 11.8 Å². The monoisotopic (exact) mass is 387 g/mol. The molecule has 1 aromatic rings. The van der Waals surface area contributed by atoms with Crippen LogP contribution in [0.2, 0.25) is 0 Å². The summed E-state index contributed by atoms with van der Waals surface area (Å²) in [6.45, 7) is 9.03. The number of amides is 3. The first-order valence-corrected chi connectivity index (χ1v) is 10.3. The van der Waals surface area contributed by atoms with Crippen molar-refractivity contribution in [1.82, 2.24) is 15.5 Å². The molecule has 0 aromatic heterocycles. The molecule has 1 aliphatic heterocycles. The van der Waals surface area contributed by atoms with Gasteiger partial charge in [-0.05, 0) is 51.2 Å². The van der Waals surface area contributed by atoms with E-state index in [0.717, 1.165) is 12.0 Å². The summed E-state index contributed by atoms with van der Waals surface area (Å²) in [5.74, 6) is -0.225. The SMILES string of the molecule is CCC(=O)N1CCC([C@H](NC(=O)c2cccc(C)c2)C(=O)N[C@H](C)CC)CC1. The van der Waals surface area contributed by atoms with Crippen molar-refractivity contribution in [3.05, 3.63) is 35.4 Å². The van der Waals surface area contributed by atoms with E-state index < -0.39 is 6.04 Å². The summed E-state index contributed by atoms with van der Waals surface area (Å²) in [6.07, 6.45) is 2.73. The summed E-state index contributed by atoms with van der Waals surface area (Å²) in [5.41, 5.74) is 1.56. The van der Waals surface area contributed by atoms with E-state index in [0.29, 0.717) is 37.9 Å². The molecule has 3 amide bonds. The summed E-state index contributed by atoms with van der Waals surface area (Å²) in [5, 5.41) is 5.97. The Morgan fingerprint density at radius 3 is 2.39 bits per heavy atom. The van der Waals surface area contributed by atoms with Gasteiger partial charge in [-0.2, -0.15) is 0 Å². The highest BCUT2D eigenvalue weighted by molar-refractivity contribution is 5.97. The van der Waals surface area contributed by atoms with Gasteiger partial charge in [0.05, 0.1) is 0 Å². The predicted molar refractivity (Wildman–Crippen MR) is 110 cm³/mol. The molecule has 6 nitrogen and oxygen atoms in total. The standard InChI is InChI=1S/C22H33N3O3/c1-5-16(4)23-22(28)20(17-10-12-25(13-11-17)19(26)6-2)24-21(27)18-9-7-8-15(3)14-18/h7-9,14,16-17,20H,5-6,10-13H2,1-4H3,(H,23,28)(H,24,27)/t16-,20+/m1/s1. The summed E-state index contributed by atoms with van der Waals surface area (Å²) >= 11 is 0. The lowest BCUT2D eigenvalue weighted by molar-refractivity contribution is -0.132. The van der Waals surface area contributed by atoms with Gasteiger partial charge in [-0.25, -0.2) is 0 Å². The van der Waals surface area contributed by atoms with Crippen LogP contribution >= 0.6 is 0 Å². The average molecular weight is 388 g/mol. The molecule has 1 aromatic carbocycles. The smallest absolute Gasteiger partial charge is 0.251 e. The average Bonchev–Trinajstić information content (AvgIpc) is 2.71. The van der Waals surface area contributed by atoms with E-state index in [1.165, 1.54) is 0 Å². The number of aryl methyl sites for hydroxylation is 1. The second-order valence-electron chi connectivity index (χ2n) is 7.71. The third-order valence-electron chi connectivity index (χ3n) is 5.52. The van der Waals surface area contributed by atoms with Crippen LogP contribution in [-0.4, -0.2) is 47.8 Å². The highest BCUT2D eigenvalue weighted by atomic mass is 16.2. The Hall–Kier alpha value is -2.37. The molecule has 2 atom stereocenters. The second-order valence-corrected chi connectivity index (χ2v) is 7.71.